The molecule has 0 aliphatic carbocycles. The van der Waals surface area contributed by atoms with Gasteiger partial charge in [0.25, 0.3) is 0 Å². The maximum atomic E-state index is 11.7. The topological polar surface area (TPSA) is 42.9 Å². The fourth-order valence-corrected chi connectivity index (χ4v) is 1.50. The molecule has 0 amide bonds. The van der Waals surface area contributed by atoms with Gasteiger partial charge in [0.1, 0.15) is 5.78 Å². The minimum Gasteiger partial charge on any atom is -0.299 e. The van der Waals surface area contributed by atoms with Crippen LogP contribution in [-0.2, 0) is 17.6 Å². The van der Waals surface area contributed by atoms with Crippen molar-refractivity contribution in [1.29, 1.82) is 0 Å². The average molecular weight is 212 g/mol. The zero-order valence-electron chi connectivity index (χ0n) is 8.84. The molecule has 0 N–H and O–H groups in total. The van der Waals surface area contributed by atoms with Gasteiger partial charge in [-0.3, -0.25) is 14.8 Å². The van der Waals surface area contributed by atoms with Crippen molar-refractivity contribution in [3.05, 3.63) is 60.2 Å². The Hall–Kier alpha value is -2.03. The van der Waals surface area contributed by atoms with Crippen molar-refractivity contribution < 1.29 is 4.79 Å². The van der Waals surface area contributed by atoms with Gasteiger partial charge in [0.15, 0.2) is 0 Å². The fourth-order valence-electron chi connectivity index (χ4n) is 1.50. The van der Waals surface area contributed by atoms with Crippen LogP contribution in [-0.4, -0.2) is 15.8 Å². The quantitative estimate of drug-likeness (QED) is 0.776. The lowest BCUT2D eigenvalue weighted by Gasteiger charge is -2.00. The molecule has 0 radical (unpaired) electrons. The second-order valence-corrected chi connectivity index (χ2v) is 3.57. The molecule has 2 aromatic rings. The maximum absolute atomic E-state index is 11.7. The third-order valence-electron chi connectivity index (χ3n) is 2.23. The van der Waals surface area contributed by atoms with E-state index in [1.54, 1.807) is 18.6 Å². The summed E-state index contributed by atoms with van der Waals surface area (Å²) in [6, 6.07) is 9.34. The molecular formula is C13H12N2O. The fraction of sp³-hybridized carbons (Fsp3) is 0.154. The highest BCUT2D eigenvalue weighted by atomic mass is 16.1. The van der Waals surface area contributed by atoms with Crippen LogP contribution in [0.5, 0.6) is 0 Å². The molecule has 0 unspecified atom stereocenters. The number of carbonyl (C=O) groups excluding carboxylic acids is 1. The Balaban J connectivity index is 1.95. The van der Waals surface area contributed by atoms with Gasteiger partial charge in [-0.15, -0.1) is 0 Å². The Labute approximate surface area is 94.2 Å². The second-order valence-electron chi connectivity index (χ2n) is 3.57. The van der Waals surface area contributed by atoms with E-state index in [9.17, 15) is 4.79 Å². The Bertz CT molecular complexity index is 410. The number of Topliss-reactive ketones (excluding diaryl/α,β-unsaturated/α-hetero) is 1. The van der Waals surface area contributed by atoms with Gasteiger partial charge in [0.05, 0.1) is 0 Å². The number of nitrogens with zero attached hydrogens (tertiary/aromatic N) is 2. The Morgan fingerprint density at radius 3 is 2.69 bits per heavy atom. The summed E-state index contributed by atoms with van der Waals surface area (Å²) in [7, 11) is 0. The molecule has 3 heteroatoms. The summed E-state index contributed by atoms with van der Waals surface area (Å²) in [4.78, 5) is 19.8. The molecule has 0 saturated carbocycles. The molecular weight excluding hydrogens is 200 g/mol. The lowest BCUT2D eigenvalue weighted by Crippen LogP contribution is -2.07. The molecule has 2 rings (SSSR count). The van der Waals surface area contributed by atoms with Crippen LogP contribution in [0.25, 0.3) is 0 Å². The van der Waals surface area contributed by atoms with Crippen molar-refractivity contribution in [3.63, 3.8) is 0 Å². The molecule has 3 nitrogen and oxygen atoms in total. The SMILES string of the molecule is O=C(Cc1cccnc1)Cc1ccccn1. The first kappa shape index (κ1) is 10.5. The lowest BCUT2D eigenvalue weighted by atomic mass is 10.1. The molecule has 2 aromatic heterocycles. The minimum atomic E-state index is 0.159. The van der Waals surface area contributed by atoms with Crippen molar-refractivity contribution in [3.8, 4) is 0 Å². The summed E-state index contributed by atoms with van der Waals surface area (Å²) in [6.07, 6.45) is 5.93. The number of hydrogen-bond acceptors (Lipinski definition) is 3. The van der Waals surface area contributed by atoms with Crippen LogP contribution >= 0.6 is 0 Å². The number of ketones is 1. The van der Waals surface area contributed by atoms with E-state index in [0.29, 0.717) is 12.8 Å². The largest absolute Gasteiger partial charge is 0.299 e. The normalized spacial score (nSPS) is 10.0. The van der Waals surface area contributed by atoms with E-state index in [1.807, 2.05) is 30.3 Å². The predicted molar refractivity (Wildman–Crippen MR) is 60.9 cm³/mol. The highest BCUT2D eigenvalue weighted by Crippen LogP contribution is 2.02. The van der Waals surface area contributed by atoms with E-state index < -0.39 is 0 Å². The second kappa shape index (κ2) is 5.16. The number of carbonyl (C=O) groups is 1. The van der Waals surface area contributed by atoms with Gasteiger partial charge in [0, 0.05) is 37.1 Å². The monoisotopic (exact) mass is 212 g/mol. The summed E-state index contributed by atoms with van der Waals surface area (Å²) < 4.78 is 0. The molecule has 0 aliphatic rings. The van der Waals surface area contributed by atoms with Gasteiger partial charge in [0.2, 0.25) is 0 Å². The lowest BCUT2D eigenvalue weighted by molar-refractivity contribution is -0.117. The van der Waals surface area contributed by atoms with Gasteiger partial charge in [-0.05, 0) is 23.8 Å². The van der Waals surface area contributed by atoms with E-state index in [-0.39, 0.29) is 5.78 Å². The molecule has 0 saturated heterocycles. The molecule has 2 heterocycles. The molecule has 0 spiro atoms. The Morgan fingerprint density at radius 1 is 1.06 bits per heavy atom. The first-order valence-corrected chi connectivity index (χ1v) is 5.15. The zero-order chi connectivity index (χ0) is 11.2. The van der Waals surface area contributed by atoms with Gasteiger partial charge >= 0.3 is 0 Å². The van der Waals surface area contributed by atoms with Crippen LogP contribution in [0.3, 0.4) is 0 Å². The minimum absolute atomic E-state index is 0.159. The molecule has 0 bridgehead atoms. The van der Waals surface area contributed by atoms with Crippen LogP contribution in [0, 0.1) is 0 Å². The molecule has 0 fully saturated rings. The van der Waals surface area contributed by atoms with Crippen LogP contribution in [0.4, 0.5) is 0 Å². The molecule has 0 aliphatic heterocycles. The molecule has 16 heavy (non-hydrogen) atoms. The number of pyridine rings is 2. The molecule has 0 aromatic carbocycles. The van der Waals surface area contributed by atoms with Crippen molar-refractivity contribution in [2.45, 2.75) is 12.8 Å². The van der Waals surface area contributed by atoms with Crippen LogP contribution in [0.2, 0.25) is 0 Å². The maximum Gasteiger partial charge on any atom is 0.143 e. The van der Waals surface area contributed by atoms with Gasteiger partial charge < -0.3 is 0 Å². The van der Waals surface area contributed by atoms with E-state index in [4.69, 9.17) is 0 Å². The number of aromatic nitrogens is 2. The van der Waals surface area contributed by atoms with Crippen molar-refractivity contribution >= 4 is 5.78 Å². The first-order chi connectivity index (χ1) is 7.84. The first-order valence-electron chi connectivity index (χ1n) is 5.15. The van der Waals surface area contributed by atoms with Crippen molar-refractivity contribution in [2.24, 2.45) is 0 Å². The standard InChI is InChI=1S/C13H12N2O/c16-13(8-11-4-3-6-14-10-11)9-12-5-1-2-7-15-12/h1-7,10H,8-9H2. The van der Waals surface area contributed by atoms with Crippen molar-refractivity contribution in [1.82, 2.24) is 9.97 Å². The Kier molecular flexibility index (Phi) is 3.38. The van der Waals surface area contributed by atoms with E-state index in [1.165, 1.54) is 0 Å². The highest BCUT2D eigenvalue weighted by Gasteiger charge is 2.05. The van der Waals surface area contributed by atoms with E-state index >= 15 is 0 Å². The van der Waals surface area contributed by atoms with Crippen LogP contribution in [0.1, 0.15) is 11.3 Å². The number of hydrogen-bond donors (Lipinski definition) is 0. The van der Waals surface area contributed by atoms with Crippen LogP contribution in [0.15, 0.2) is 48.9 Å². The van der Waals surface area contributed by atoms with Gasteiger partial charge in [-0.25, -0.2) is 0 Å². The van der Waals surface area contributed by atoms with E-state index in [2.05, 4.69) is 9.97 Å². The third-order valence-corrected chi connectivity index (χ3v) is 2.23. The molecule has 0 atom stereocenters. The summed E-state index contributed by atoms with van der Waals surface area (Å²) in [6.45, 7) is 0. The average Bonchev–Trinajstić information content (AvgIpc) is 2.31. The highest BCUT2D eigenvalue weighted by molar-refractivity contribution is 5.82. The van der Waals surface area contributed by atoms with E-state index in [0.717, 1.165) is 11.3 Å². The van der Waals surface area contributed by atoms with Gasteiger partial charge in [-0.2, -0.15) is 0 Å². The van der Waals surface area contributed by atoms with Crippen molar-refractivity contribution in [2.75, 3.05) is 0 Å². The molecule has 80 valence electrons. The van der Waals surface area contributed by atoms with Gasteiger partial charge in [-0.1, -0.05) is 12.1 Å². The summed E-state index contributed by atoms with van der Waals surface area (Å²) in [5.74, 6) is 0.159. The van der Waals surface area contributed by atoms with Crippen LogP contribution < -0.4 is 0 Å². The Morgan fingerprint density at radius 2 is 2.00 bits per heavy atom. The summed E-state index contributed by atoms with van der Waals surface area (Å²) in [5, 5.41) is 0. The third kappa shape index (κ3) is 2.98. The smallest absolute Gasteiger partial charge is 0.143 e. The number of rotatable bonds is 4. The summed E-state index contributed by atoms with van der Waals surface area (Å²) >= 11 is 0. The zero-order valence-corrected chi connectivity index (χ0v) is 8.84. The summed E-state index contributed by atoms with van der Waals surface area (Å²) in [5.41, 5.74) is 1.76. The predicted octanol–water partition coefficient (Wildman–Crippen LogP) is 1.83.